The van der Waals surface area contributed by atoms with E-state index >= 15 is 0 Å². The van der Waals surface area contributed by atoms with Crippen molar-refractivity contribution in [1.29, 1.82) is 0 Å². The molecule has 1 aromatic heterocycles. The number of imidazole rings is 1. The summed E-state index contributed by atoms with van der Waals surface area (Å²) in [5.41, 5.74) is 6.61. The largest absolute Gasteiger partial charge is 0.345 e. The molecule has 28 heavy (non-hydrogen) atoms. The molecule has 4 N–H and O–H groups in total. The molecule has 0 bridgehead atoms. The van der Waals surface area contributed by atoms with Gasteiger partial charge in [-0.05, 0) is 43.9 Å². The Balaban J connectivity index is 0.00000196. The molecule has 0 saturated heterocycles. The molecule has 1 unspecified atom stereocenters. The van der Waals surface area contributed by atoms with E-state index in [2.05, 4.69) is 15.6 Å². The maximum Gasteiger partial charge on any atom is 0.251 e. The Bertz CT molecular complexity index is 780. The summed E-state index contributed by atoms with van der Waals surface area (Å²) >= 11 is 0. The zero-order chi connectivity index (χ0) is 18.6. The minimum absolute atomic E-state index is 0. The summed E-state index contributed by atoms with van der Waals surface area (Å²) in [5.74, 6) is 0.169. The number of carbonyl (C=O) groups is 2. The maximum absolute atomic E-state index is 12.6. The third kappa shape index (κ3) is 6.22. The second-order valence-electron chi connectivity index (χ2n) is 7.03. The van der Waals surface area contributed by atoms with E-state index < -0.39 is 0 Å². The number of benzene rings is 1. The quantitative estimate of drug-likeness (QED) is 0.602. The minimum atomic E-state index is -0.374. The van der Waals surface area contributed by atoms with E-state index in [0.29, 0.717) is 36.7 Å². The predicted octanol–water partition coefficient (Wildman–Crippen LogP) is 2.61. The van der Waals surface area contributed by atoms with Crippen molar-refractivity contribution < 1.29 is 9.59 Å². The highest BCUT2D eigenvalue weighted by Gasteiger charge is 2.41. The van der Waals surface area contributed by atoms with Crippen LogP contribution in [0.1, 0.15) is 36.5 Å². The summed E-state index contributed by atoms with van der Waals surface area (Å²) in [7, 11) is 0. The normalized spacial score (nSPS) is 14.8. The first-order chi connectivity index (χ1) is 12.5. The Hall–Kier alpha value is -2.09. The number of amides is 2. The van der Waals surface area contributed by atoms with Crippen LogP contribution in [0.3, 0.4) is 0 Å². The van der Waals surface area contributed by atoms with Crippen LogP contribution < -0.4 is 16.4 Å². The highest BCUT2D eigenvalue weighted by Crippen LogP contribution is 2.39. The van der Waals surface area contributed by atoms with E-state index in [9.17, 15) is 9.59 Å². The number of aryl methyl sites for hydroxylation is 1. The third-order valence-corrected chi connectivity index (χ3v) is 4.87. The van der Waals surface area contributed by atoms with E-state index in [1.165, 1.54) is 0 Å². The van der Waals surface area contributed by atoms with Gasteiger partial charge in [-0.2, -0.15) is 0 Å². The van der Waals surface area contributed by atoms with Crippen molar-refractivity contribution >= 4 is 42.3 Å². The first-order valence-electron chi connectivity index (χ1n) is 8.88. The van der Waals surface area contributed by atoms with Crippen LogP contribution in [0.4, 0.5) is 5.69 Å². The molecule has 0 spiro atoms. The lowest BCUT2D eigenvalue weighted by Crippen LogP contribution is -2.53. The molecule has 1 heterocycles. The topological polar surface area (TPSA) is 102 Å². The van der Waals surface area contributed by atoms with E-state index in [0.717, 1.165) is 12.8 Å². The number of nitrogens with one attached hydrogen (secondary N) is 2. The van der Waals surface area contributed by atoms with Crippen LogP contribution in [-0.2, 0) is 11.3 Å². The van der Waals surface area contributed by atoms with Gasteiger partial charge in [0.15, 0.2) is 0 Å². The lowest BCUT2D eigenvalue weighted by molar-refractivity contribution is -0.116. The zero-order valence-electron chi connectivity index (χ0n) is 15.8. The molecule has 1 atom stereocenters. The standard InChI is InChI=1S/C19H25N5O2.2ClH/c1-19(12-20,15-5-6-15)23-18(26)14-3-2-4-16(11-14)22-17(25)7-9-24-10-8-21-13-24;;/h2-4,8,10-11,13,15H,5-7,9,12,20H2,1H3,(H,22,25)(H,23,26);2*1H. The van der Waals surface area contributed by atoms with Crippen LogP contribution in [0, 0.1) is 5.92 Å². The fraction of sp³-hybridized carbons (Fsp3) is 0.421. The number of carbonyl (C=O) groups excluding carboxylic acids is 2. The average molecular weight is 428 g/mol. The van der Waals surface area contributed by atoms with Crippen molar-refractivity contribution in [3.05, 3.63) is 48.5 Å². The lowest BCUT2D eigenvalue weighted by atomic mass is 9.95. The van der Waals surface area contributed by atoms with Crippen LogP contribution in [0.15, 0.2) is 43.0 Å². The van der Waals surface area contributed by atoms with Crippen LogP contribution in [0.5, 0.6) is 0 Å². The fourth-order valence-electron chi connectivity index (χ4n) is 2.98. The van der Waals surface area contributed by atoms with Crippen molar-refractivity contribution in [1.82, 2.24) is 14.9 Å². The molecule has 2 amide bonds. The summed E-state index contributed by atoms with van der Waals surface area (Å²) in [6.45, 7) is 2.96. The average Bonchev–Trinajstić information content (AvgIpc) is 3.37. The molecule has 0 radical (unpaired) electrons. The predicted molar refractivity (Wildman–Crippen MR) is 114 cm³/mol. The van der Waals surface area contributed by atoms with Gasteiger partial charge >= 0.3 is 0 Å². The third-order valence-electron chi connectivity index (χ3n) is 4.87. The molecule has 0 aliphatic heterocycles. The summed E-state index contributed by atoms with van der Waals surface area (Å²) < 4.78 is 1.84. The molecular formula is C19H27Cl2N5O2. The minimum Gasteiger partial charge on any atom is -0.345 e. The fourth-order valence-corrected chi connectivity index (χ4v) is 2.98. The SMILES string of the molecule is CC(CN)(NC(=O)c1cccc(NC(=O)CCn2ccnc2)c1)C1CC1.Cl.Cl. The second-order valence-corrected chi connectivity index (χ2v) is 7.03. The van der Waals surface area contributed by atoms with Crippen LogP contribution in [0.2, 0.25) is 0 Å². The number of hydrogen-bond donors (Lipinski definition) is 3. The molecule has 7 nitrogen and oxygen atoms in total. The smallest absolute Gasteiger partial charge is 0.251 e. The van der Waals surface area contributed by atoms with E-state index in [1.54, 1.807) is 36.8 Å². The molecule has 1 aliphatic carbocycles. The molecule has 3 rings (SSSR count). The highest BCUT2D eigenvalue weighted by atomic mass is 35.5. The van der Waals surface area contributed by atoms with Gasteiger partial charge in [-0.25, -0.2) is 4.98 Å². The lowest BCUT2D eigenvalue weighted by Gasteiger charge is -2.29. The zero-order valence-corrected chi connectivity index (χ0v) is 17.4. The molecule has 1 fully saturated rings. The van der Waals surface area contributed by atoms with Crippen molar-refractivity contribution in [2.45, 2.75) is 38.3 Å². The summed E-state index contributed by atoms with van der Waals surface area (Å²) in [6.07, 6.45) is 7.69. The van der Waals surface area contributed by atoms with Crippen molar-refractivity contribution in [3.63, 3.8) is 0 Å². The second kappa shape index (κ2) is 10.5. The number of aromatic nitrogens is 2. The van der Waals surface area contributed by atoms with E-state index in [-0.39, 0.29) is 42.2 Å². The van der Waals surface area contributed by atoms with E-state index in [1.807, 2.05) is 17.7 Å². The monoisotopic (exact) mass is 427 g/mol. The highest BCUT2D eigenvalue weighted by molar-refractivity contribution is 5.97. The number of rotatable bonds is 8. The Morgan fingerprint density at radius 1 is 1.32 bits per heavy atom. The Labute approximate surface area is 177 Å². The molecule has 1 aliphatic rings. The first kappa shape index (κ1) is 23.9. The number of halogens is 2. The van der Waals surface area contributed by atoms with Crippen molar-refractivity contribution in [2.24, 2.45) is 11.7 Å². The Morgan fingerprint density at radius 3 is 2.68 bits per heavy atom. The number of hydrogen-bond acceptors (Lipinski definition) is 4. The number of nitrogens with zero attached hydrogens (tertiary/aromatic N) is 2. The van der Waals surface area contributed by atoms with Crippen LogP contribution >= 0.6 is 24.8 Å². The summed E-state index contributed by atoms with van der Waals surface area (Å²) in [6, 6.07) is 6.96. The molecule has 1 aromatic carbocycles. The first-order valence-corrected chi connectivity index (χ1v) is 8.88. The Kier molecular flexibility index (Phi) is 8.94. The molecule has 1 saturated carbocycles. The van der Waals surface area contributed by atoms with Gasteiger partial charge < -0.3 is 20.9 Å². The molecule has 9 heteroatoms. The van der Waals surface area contributed by atoms with Gasteiger partial charge in [0.05, 0.1) is 11.9 Å². The summed E-state index contributed by atoms with van der Waals surface area (Å²) in [4.78, 5) is 28.6. The Morgan fingerprint density at radius 2 is 2.07 bits per heavy atom. The van der Waals surface area contributed by atoms with Gasteiger partial charge in [-0.1, -0.05) is 6.07 Å². The number of anilines is 1. The van der Waals surface area contributed by atoms with Gasteiger partial charge in [0.25, 0.3) is 5.91 Å². The van der Waals surface area contributed by atoms with Gasteiger partial charge in [-0.15, -0.1) is 24.8 Å². The van der Waals surface area contributed by atoms with Crippen LogP contribution in [0.25, 0.3) is 0 Å². The summed E-state index contributed by atoms with van der Waals surface area (Å²) in [5, 5.41) is 5.89. The van der Waals surface area contributed by atoms with Gasteiger partial charge in [0.1, 0.15) is 0 Å². The van der Waals surface area contributed by atoms with Gasteiger partial charge in [0, 0.05) is 43.2 Å². The van der Waals surface area contributed by atoms with E-state index in [4.69, 9.17) is 5.73 Å². The van der Waals surface area contributed by atoms with Crippen LogP contribution in [-0.4, -0.2) is 33.4 Å². The van der Waals surface area contributed by atoms with Gasteiger partial charge in [-0.3, -0.25) is 9.59 Å². The van der Waals surface area contributed by atoms with Crippen molar-refractivity contribution in [3.8, 4) is 0 Å². The van der Waals surface area contributed by atoms with Gasteiger partial charge in [0.2, 0.25) is 5.91 Å². The molecule has 2 aromatic rings. The molecular weight excluding hydrogens is 401 g/mol. The number of nitrogens with two attached hydrogens (primary N) is 1. The maximum atomic E-state index is 12.6. The van der Waals surface area contributed by atoms with Crippen molar-refractivity contribution in [2.75, 3.05) is 11.9 Å². The molecule has 154 valence electrons.